The maximum atomic E-state index is 2.64. The van der Waals surface area contributed by atoms with Crippen molar-refractivity contribution in [3.63, 3.8) is 0 Å². The minimum absolute atomic E-state index is 0.532. The monoisotopic (exact) mass is 388 g/mol. The zero-order valence-electron chi connectivity index (χ0n) is 18.8. The summed E-state index contributed by atoms with van der Waals surface area (Å²) >= 11 is 0. The van der Waals surface area contributed by atoms with Crippen LogP contribution in [0.25, 0.3) is 0 Å². The molecular weight excluding hydrogens is 348 g/mol. The Bertz CT molecular complexity index is 794. The standard InChI is InChI=1S/C29H40/c1-3-25-4-5-26(6-19(25)2)27-11-23-10-24(12-27)17-29(16-23,18-27)28-13-20-7-21(14-28)9-22(8-20)15-28/h4-6,20-24H,3,7-18H2,1-2H3. The zero-order chi connectivity index (χ0) is 19.4. The summed E-state index contributed by atoms with van der Waals surface area (Å²) in [5.74, 6) is 5.40. The minimum Gasteiger partial charge on any atom is -0.0613 e. The van der Waals surface area contributed by atoms with Crippen molar-refractivity contribution in [3.8, 4) is 0 Å². The molecule has 29 heavy (non-hydrogen) atoms. The Morgan fingerprint density at radius 1 is 0.724 bits per heavy atom. The SMILES string of the molecule is CCc1ccc(C23CC4CC(C2)CC(C25CC6CC(CC(C6)C2)C5)(C4)C3)cc1C. The highest BCUT2D eigenvalue weighted by Gasteiger charge is 2.67. The van der Waals surface area contributed by atoms with Crippen molar-refractivity contribution in [1.82, 2.24) is 0 Å². The number of aryl methyl sites for hydroxylation is 2. The predicted molar refractivity (Wildman–Crippen MR) is 120 cm³/mol. The molecule has 156 valence electrons. The van der Waals surface area contributed by atoms with Crippen molar-refractivity contribution in [2.75, 3.05) is 0 Å². The van der Waals surface area contributed by atoms with E-state index in [0.29, 0.717) is 10.8 Å². The molecule has 0 saturated heterocycles. The first-order valence-corrected chi connectivity index (χ1v) is 13.1. The Balaban J connectivity index is 1.32. The molecule has 8 saturated carbocycles. The molecule has 0 N–H and O–H groups in total. The molecule has 0 heterocycles. The third-order valence-electron chi connectivity index (χ3n) is 11.6. The van der Waals surface area contributed by atoms with Gasteiger partial charge in [0.2, 0.25) is 0 Å². The lowest BCUT2D eigenvalue weighted by Gasteiger charge is -2.72. The van der Waals surface area contributed by atoms with Crippen LogP contribution in [0, 0.1) is 47.3 Å². The molecule has 0 amide bonds. The maximum Gasteiger partial charge on any atom is -0.00361 e. The Morgan fingerprint density at radius 3 is 1.83 bits per heavy atom. The van der Waals surface area contributed by atoms with E-state index in [9.17, 15) is 0 Å². The van der Waals surface area contributed by atoms with Crippen LogP contribution in [0.4, 0.5) is 0 Å². The summed E-state index contributed by atoms with van der Waals surface area (Å²) in [4.78, 5) is 0. The molecule has 9 rings (SSSR count). The molecule has 2 atom stereocenters. The van der Waals surface area contributed by atoms with Crippen molar-refractivity contribution < 1.29 is 0 Å². The van der Waals surface area contributed by atoms with Crippen molar-refractivity contribution in [3.05, 3.63) is 34.9 Å². The van der Waals surface area contributed by atoms with Gasteiger partial charge in [-0.2, -0.15) is 0 Å². The van der Waals surface area contributed by atoms with Gasteiger partial charge in [-0.25, -0.2) is 0 Å². The van der Waals surface area contributed by atoms with Crippen molar-refractivity contribution >= 4 is 0 Å². The highest BCUT2D eigenvalue weighted by Crippen LogP contribution is 2.77. The molecule has 0 nitrogen and oxygen atoms in total. The van der Waals surface area contributed by atoms with Gasteiger partial charge in [0.15, 0.2) is 0 Å². The first-order valence-electron chi connectivity index (χ1n) is 13.1. The van der Waals surface area contributed by atoms with Gasteiger partial charge in [-0.15, -0.1) is 0 Å². The van der Waals surface area contributed by atoms with Crippen LogP contribution in [-0.4, -0.2) is 0 Å². The first-order chi connectivity index (χ1) is 14.0. The molecule has 8 bridgehead atoms. The van der Waals surface area contributed by atoms with Crippen LogP contribution in [0.3, 0.4) is 0 Å². The molecule has 8 aliphatic rings. The number of rotatable bonds is 3. The summed E-state index contributed by atoms with van der Waals surface area (Å²) < 4.78 is 0. The van der Waals surface area contributed by atoms with Crippen LogP contribution in [0.15, 0.2) is 18.2 Å². The van der Waals surface area contributed by atoms with E-state index in [1.54, 1.807) is 80.9 Å². The van der Waals surface area contributed by atoms with Gasteiger partial charge in [0.05, 0.1) is 0 Å². The molecule has 0 aliphatic heterocycles. The third kappa shape index (κ3) is 2.33. The van der Waals surface area contributed by atoms with Gasteiger partial charge in [-0.1, -0.05) is 25.1 Å². The molecule has 2 unspecified atom stereocenters. The van der Waals surface area contributed by atoms with Gasteiger partial charge in [0.1, 0.15) is 0 Å². The Labute approximate surface area is 178 Å². The summed E-state index contributed by atoms with van der Waals surface area (Å²) in [5, 5.41) is 0. The van der Waals surface area contributed by atoms with Gasteiger partial charge >= 0.3 is 0 Å². The third-order valence-corrected chi connectivity index (χ3v) is 11.6. The molecule has 0 spiro atoms. The smallest absolute Gasteiger partial charge is 0.00361 e. The first kappa shape index (κ1) is 17.9. The van der Waals surface area contributed by atoms with Crippen molar-refractivity contribution in [2.45, 2.75) is 103 Å². The largest absolute Gasteiger partial charge is 0.0613 e. The Morgan fingerprint density at radius 2 is 1.28 bits per heavy atom. The molecule has 0 heteroatoms. The Hall–Kier alpha value is -0.780. The van der Waals surface area contributed by atoms with Gasteiger partial charge in [-0.05, 0) is 153 Å². The summed E-state index contributed by atoms with van der Waals surface area (Å²) in [6, 6.07) is 7.70. The highest BCUT2D eigenvalue weighted by atomic mass is 14.7. The molecular formula is C29H40. The number of benzene rings is 1. The van der Waals surface area contributed by atoms with E-state index >= 15 is 0 Å². The van der Waals surface area contributed by atoms with Gasteiger partial charge < -0.3 is 0 Å². The van der Waals surface area contributed by atoms with Crippen molar-refractivity contribution in [2.24, 2.45) is 40.4 Å². The fourth-order valence-electron chi connectivity index (χ4n) is 11.4. The van der Waals surface area contributed by atoms with Crippen LogP contribution in [0.5, 0.6) is 0 Å². The second-order valence-corrected chi connectivity index (χ2v) is 13.2. The van der Waals surface area contributed by atoms with Crippen LogP contribution in [0.1, 0.15) is 101 Å². The maximum absolute atomic E-state index is 2.64. The lowest BCUT2D eigenvalue weighted by atomic mass is 9.32. The average molecular weight is 389 g/mol. The van der Waals surface area contributed by atoms with Crippen molar-refractivity contribution in [1.29, 1.82) is 0 Å². The highest BCUT2D eigenvalue weighted by molar-refractivity contribution is 5.38. The van der Waals surface area contributed by atoms with Crippen LogP contribution >= 0.6 is 0 Å². The van der Waals surface area contributed by atoms with Crippen LogP contribution in [0.2, 0.25) is 0 Å². The van der Waals surface area contributed by atoms with E-state index in [2.05, 4.69) is 32.0 Å². The van der Waals surface area contributed by atoms with Gasteiger partial charge in [-0.3, -0.25) is 0 Å². The van der Waals surface area contributed by atoms with E-state index in [4.69, 9.17) is 0 Å². The lowest BCUT2D eigenvalue weighted by Crippen LogP contribution is -2.63. The molecule has 0 aromatic heterocycles. The molecule has 1 aromatic rings. The minimum atomic E-state index is 0.532. The summed E-state index contributed by atoms with van der Waals surface area (Å²) in [7, 11) is 0. The Kier molecular flexibility index (Phi) is 3.52. The van der Waals surface area contributed by atoms with Gasteiger partial charge in [0, 0.05) is 0 Å². The normalized spacial score (nSPS) is 51.7. The second-order valence-electron chi connectivity index (χ2n) is 13.2. The fourth-order valence-corrected chi connectivity index (χ4v) is 11.4. The lowest BCUT2D eigenvalue weighted by molar-refractivity contribution is -0.205. The average Bonchev–Trinajstić information content (AvgIpc) is 2.66. The zero-order valence-corrected chi connectivity index (χ0v) is 18.8. The van der Waals surface area contributed by atoms with Crippen LogP contribution in [-0.2, 0) is 11.8 Å². The van der Waals surface area contributed by atoms with E-state index in [1.165, 1.54) is 19.3 Å². The molecule has 8 aliphatic carbocycles. The fraction of sp³-hybridized carbons (Fsp3) is 0.793. The van der Waals surface area contributed by atoms with E-state index in [0.717, 1.165) is 35.0 Å². The van der Waals surface area contributed by atoms with E-state index in [1.807, 2.05) is 0 Å². The van der Waals surface area contributed by atoms with Gasteiger partial charge in [0.25, 0.3) is 0 Å². The van der Waals surface area contributed by atoms with E-state index < -0.39 is 0 Å². The second kappa shape index (κ2) is 5.72. The predicted octanol–water partition coefficient (Wildman–Crippen LogP) is 7.61. The topological polar surface area (TPSA) is 0 Å². The van der Waals surface area contributed by atoms with E-state index in [-0.39, 0.29) is 0 Å². The number of hydrogen-bond donors (Lipinski definition) is 0. The molecule has 1 aromatic carbocycles. The summed E-state index contributed by atoms with van der Waals surface area (Å²) in [5.41, 5.74) is 6.87. The molecule has 0 radical (unpaired) electrons. The summed E-state index contributed by atoms with van der Waals surface area (Å²) in [6.07, 6.45) is 20.3. The number of hydrogen-bond acceptors (Lipinski definition) is 0. The molecule has 8 fully saturated rings. The van der Waals surface area contributed by atoms with Crippen LogP contribution < -0.4 is 0 Å². The summed E-state index contributed by atoms with van der Waals surface area (Å²) in [6.45, 7) is 4.69. The quantitative estimate of drug-likeness (QED) is 0.500.